The minimum Gasteiger partial charge on any atom is -0.330 e. The van der Waals surface area contributed by atoms with Gasteiger partial charge in [0.25, 0.3) is 0 Å². The Morgan fingerprint density at radius 1 is 0.574 bits per heavy atom. The van der Waals surface area contributed by atoms with Crippen molar-refractivity contribution in [2.24, 2.45) is 0 Å². The number of aryl methyl sites for hydroxylation is 4. The normalized spacial score (nSPS) is 15.0. The molecule has 6 aromatic rings. The van der Waals surface area contributed by atoms with E-state index in [-0.39, 0.29) is 6.04 Å². The van der Waals surface area contributed by atoms with Gasteiger partial charge in [-0.15, -0.1) is 0 Å². The molecule has 0 radical (unpaired) electrons. The molecule has 1 unspecified atom stereocenters. The fourth-order valence-corrected chi connectivity index (χ4v) is 11.5. The summed E-state index contributed by atoms with van der Waals surface area (Å²) in [5.74, 6) is 0. The van der Waals surface area contributed by atoms with E-state index in [0.29, 0.717) is 0 Å². The van der Waals surface area contributed by atoms with Gasteiger partial charge in [-0.05, 0) is 114 Å². The molecule has 54 heavy (non-hydrogen) atoms. The molecule has 0 aliphatic heterocycles. The standard InChI is InChI=1S/C50H54N2Si2/c1-33-29-41(53(5,6)7)30-34(2)49(33)51(39-17-13-11-14-18-39)45-27-23-37-22-26-44-46(28-24-38-21-25-43(45)47(37)48(38)44)52(40-19-15-12-16-20-40)50-35(3)31-42(32-36(50)4)54(8,9)10/h11-21,23-32,46H,22H2,1-10H3. The molecule has 0 N–H and O–H groups in total. The van der Waals surface area contributed by atoms with Crippen LogP contribution >= 0.6 is 0 Å². The van der Waals surface area contributed by atoms with E-state index in [9.17, 15) is 0 Å². The maximum absolute atomic E-state index is 2.61. The Hall–Kier alpha value is -4.91. The highest BCUT2D eigenvalue weighted by molar-refractivity contribution is 6.89. The van der Waals surface area contributed by atoms with Crippen LogP contribution in [0, 0.1) is 27.7 Å². The van der Waals surface area contributed by atoms with Gasteiger partial charge in [-0.1, -0.05) is 147 Å². The number of hydrogen-bond acceptors (Lipinski definition) is 2. The highest BCUT2D eigenvalue weighted by Gasteiger charge is 2.34. The third kappa shape index (κ3) is 6.19. The molecule has 0 aromatic heterocycles. The van der Waals surface area contributed by atoms with Gasteiger partial charge in [0.1, 0.15) is 0 Å². The average molecular weight is 739 g/mol. The lowest BCUT2D eigenvalue weighted by Crippen LogP contribution is -2.39. The molecule has 0 fully saturated rings. The molecule has 8 rings (SSSR count). The van der Waals surface area contributed by atoms with Gasteiger partial charge < -0.3 is 9.80 Å². The first-order valence-electron chi connectivity index (χ1n) is 19.6. The number of benzene rings is 6. The molecule has 4 heteroatoms. The van der Waals surface area contributed by atoms with Crippen molar-refractivity contribution < 1.29 is 0 Å². The van der Waals surface area contributed by atoms with Gasteiger partial charge in [0, 0.05) is 22.4 Å². The van der Waals surface area contributed by atoms with E-state index in [4.69, 9.17) is 0 Å². The van der Waals surface area contributed by atoms with E-state index < -0.39 is 16.1 Å². The number of hydrogen-bond donors (Lipinski definition) is 0. The van der Waals surface area contributed by atoms with Crippen LogP contribution in [0.4, 0.5) is 28.4 Å². The summed E-state index contributed by atoms with van der Waals surface area (Å²) in [6.07, 6.45) is 8.25. The molecule has 272 valence electrons. The lowest BCUT2D eigenvalue weighted by Gasteiger charge is -2.40. The van der Waals surface area contributed by atoms with E-state index in [1.54, 1.807) is 0 Å². The van der Waals surface area contributed by atoms with Gasteiger partial charge in [0.05, 0.1) is 33.6 Å². The summed E-state index contributed by atoms with van der Waals surface area (Å²) < 4.78 is 0. The summed E-state index contributed by atoms with van der Waals surface area (Å²) in [6.45, 7) is 23.9. The average Bonchev–Trinajstić information content (AvgIpc) is 3.13. The summed E-state index contributed by atoms with van der Waals surface area (Å²) in [6, 6.07) is 41.4. The minimum atomic E-state index is -1.50. The lowest BCUT2D eigenvalue weighted by molar-refractivity contribution is 0.939. The fourth-order valence-electron chi connectivity index (χ4n) is 8.94. The third-order valence-electron chi connectivity index (χ3n) is 11.6. The monoisotopic (exact) mass is 738 g/mol. The Morgan fingerprint density at radius 2 is 1.11 bits per heavy atom. The maximum atomic E-state index is 2.61. The van der Waals surface area contributed by atoms with Crippen LogP contribution in [0.15, 0.2) is 121 Å². The van der Waals surface area contributed by atoms with Gasteiger partial charge in [0.2, 0.25) is 0 Å². The summed E-state index contributed by atoms with van der Waals surface area (Å²) in [7, 11) is -2.99. The Balaban J connectivity index is 1.33. The summed E-state index contributed by atoms with van der Waals surface area (Å²) in [4.78, 5) is 5.14. The Labute approximate surface area is 325 Å². The van der Waals surface area contributed by atoms with Gasteiger partial charge in [-0.2, -0.15) is 0 Å². The first kappa shape index (κ1) is 36.1. The van der Waals surface area contributed by atoms with Crippen LogP contribution in [0.1, 0.15) is 38.9 Å². The molecular formula is C50H54N2Si2. The lowest BCUT2D eigenvalue weighted by atomic mass is 9.78. The zero-order chi connectivity index (χ0) is 38.1. The Bertz CT molecular complexity index is 2430. The highest BCUT2D eigenvalue weighted by atomic mass is 28.3. The molecular weight excluding hydrogens is 685 g/mol. The van der Waals surface area contributed by atoms with Gasteiger partial charge in [-0.25, -0.2) is 0 Å². The number of rotatable bonds is 8. The number of anilines is 5. The van der Waals surface area contributed by atoms with Crippen molar-refractivity contribution in [3.63, 3.8) is 0 Å². The maximum Gasteiger partial charge on any atom is 0.0782 e. The molecule has 0 spiro atoms. The first-order chi connectivity index (χ1) is 25.7. The van der Waals surface area contributed by atoms with Crippen molar-refractivity contribution in [1.82, 2.24) is 0 Å². The summed E-state index contributed by atoms with van der Waals surface area (Å²) in [5, 5.41) is 5.72. The van der Waals surface area contributed by atoms with E-state index in [2.05, 4.69) is 204 Å². The molecule has 2 aliphatic rings. The zero-order valence-corrected chi connectivity index (χ0v) is 35.8. The SMILES string of the molecule is Cc1cc([Si](C)(C)C)cc(C)c1N(c1ccccc1)c1ccc2c3c4c(ccc13)C=CC(N(c1ccccc1)c1c(C)cc([Si](C)(C)C)cc1C)C4=CC2. The quantitative estimate of drug-likeness (QED) is 0.143. The second-order valence-corrected chi connectivity index (χ2v) is 27.8. The molecule has 0 bridgehead atoms. The van der Waals surface area contributed by atoms with Gasteiger partial charge >= 0.3 is 0 Å². The van der Waals surface area contributed by atoms with E-state index in [1.807, 2.05) is 0 Å². The molecule has 0 saturated carbocycles. The number of allylic oxidation sites excluding steroid dienone is 1. The van der Waals surface area contributed by atoms with Crippen LogP contribution in [0.25, 0.3) is 22.4 Å². The molecule has 0 saturated heterocycles. The largest absolute Gasteiger partial charge is 0.330 e. The van der Waals surface area contributed by atoms with Crippen molar-refractivity contribution in [3.05, 3.63) is 160 Å². The molecule has 6 aromatic carbocycles. The Kier molecular flexibility index (Phi) is 8.98. The van der Waals surface area contributed by atoms with Gasteiger partial charge in [0.15, 0.2) is 0 Å². The fraction of sp³-hybridized carbons (Fsp3) is 0.240. The van der Waals surface area contributed by atoms with Crippen molar-refractivity contribution in [1.29, 1.82) is 0 Å². The van der Waals surface area contributed by atoms with Gasteiger partial charge in [-0.3, -0.25) is 0 Å². The molecule has 2 nitrogen and oxygen atoms in total. The first-order valence-corrected chi connectivity index (χ1v) is 26.6. The molecule has 0 heterocycles. The van der Waals surface area contributed by atoms with Crippen molar-refractivity contribution in [3.8, 4) is 0 Å². The molecule has 2 aliphatic carbocycles. The predicted octanol–water partition coefficient (Wildman–Crippen LogP) is 12.8. The van der Waals surface area contributed by atoms with Crippen LogP contribution in [-0.4, -0.2) is 22.2 Å². The topological polar surface area (TPSA) is 6.48 Å². The smallest absolute Gasteiger partial charge is 0.0782 e. The van der Waals surface area contributed by atoms with E-state index in [1.165, 1.54) is 94.1 Å². The summed E-state index contributed by atoms with van der Waals surface area (Å²) >= 11 is 0. The van der Waals surface area contributed by atoms with Crippen LogP contribution in [0.5, 0.6) is 0 Å². The van der Waals surface area contributed by atoms with Crippen LogP contribution < -0.4 is 20.2 Å². The number of para-hydroxylation sites is 2. The van der Waals surface area contributed by atoms with Crippen LogP contribution in [0.3, 0.4) is 0 Å². The van der Waals surface area contributed by atoms with Crippen LogP contribution in [-0.2, 0) is 6.42 Å². The molecule has 1 atom stereocenters. The van der Waals surface area contributed by atoms with E-state index >= 15 is 0 Å². The van der Waals surface area contributed by atoms with Crippen LogP contribution in [0.2, 0.25) is 39.3 Å². The van der Waals surface area contributed by atoms with Crippen molar-refractivity contribution >= 4 is 77.4 Å². The third-order valence-corrected chi connectivity index (χ3v) is 15.7. The number of nitrogens with zero attached hydrogens (tertiary/aromatic N) is 2. The highest BCUT2D eigenvalue weighted by Crippen LogP contribution is 2.49. The Morgan fingerprint density at radius 3 is 1.67 bits per heavy atom. The minimum absolute atomic E-state index is 0.0567. The van der Waals surface area contributed by atoms with E-state index in [0.717, 1.165) is 6.42 Å². The zero-order valence-electron chi connectivity index (χ0n) is 33.8. The second kappa shape index (κ2) is 13.4. The molecule has 0 amide bonds. The second-order valence-electron chi connectivity index (χ2n) is 17.7. The van der Waals surface area contributed by atoms with Crippen molar-refractivity contribution in [2.75, 3.05) is 9.80 Å². The predicted molar refractivity (Wildman–Crippen MR) is 243 cm³/mol. The summed E-state index contributed by atoms with van der Waals surface area (Å²) in [5.41, 5.74) is 17.1. The van der Waals surface area contributed by atoms with Crippen molar-refractivity contribution in [2.45, 2.75) is 79.4 Å².